The van der Waals surface area contributed by atoms with Gasteiger partial charge in [0, 0.05) is 42.3 Å². The van der Waals surface area contributed by atoms with Crippen molar-refractivity contribution in [3.8, 4) is 39.5 Å². The maximum Gasteiger partial charge on any atom is 0.494 e. The van der Waals surface area contributed by atoms with E-state index < -0.39 is 87.6 Å². The number of aromatic hydroxyl groups is 2. The average molecular weight is 1720 g/mol. The molecule has 13 rings (SSSR count). The first kappa shape index (κ1) is 84.1. The van der Waals surface area contributed by atoms with Crippen LogP contribution in [0.1, 0.15) is 92.4 Å². The van der Waals surface area contributed by atoms with Gasteiger partial charge in [-0.25, -0.2) is 26.3 Å². The fourth-order valence-corrected chi connectivity index (χ4v) is 11.3. The first-order chi connectivity index (χ1) is 51.9. The van der Waals surface area contributed by atoms with E-state index >= 15 is 0 Å². The highest BCUT2D eigenvalue weighted by molar-refractivity contribution is 14.1. The standard InChI is InChI=1S/C26H20F2N2O2.C20H15F2NO2.C19H20BF2NO3.C7H8IN.C7H7IO.C6H6ClN/c1-17-8-13-21(32-16-20-5-2-3-14-29-20)15-22(17)18-9-11-19(12-10-18)30-26(31)25-23(27)6-4-7-24(25)28;1-12-5-10-15(24)11-16(12)13-6-8-14(9-7-13)23-20(25)19-17(21)3-2-4-18(19)22;1-18(2)19(3,4)26-20(25-18)12-8-10-13(11-9-12)23-17(24)16-14(21)6-5-7-15(16)22;2*1-5-2-3-6(9)4-7(5)8;7-5-6-3-1-2-4-8-6/h2-15H,16H2,1H3,(H,30,31);2-11,24H,1H3,(H,23,25);5-11H,1-4H3,(H,23,24);2-4H,9H2,1H3;2-4,9H,1H3;1-4H,5H2. The molecule has 0 aliphatic carbocycles. The highest BCUT2D eigenvalue weighted by Gasteiger charge is 2.51. The summed E-state index contributed by atoms with van der Waals surface area (Å²) in [5.41, 5.74) is 15.6. The fourth-order valence-electron chi connectivity index (χ4n) is 10.1. The average Bonchev–Trinajstić information content (AvgIpc) is 1.63. The molecule has 24 heteroatoms. The molecule has 0 saturated carbocycles. The third-order valence-electron chi connectivity index (χ3n) is 16.9. The van der Waals surface area contributed by atoms with E-state index in [0.29, 0.717) is 41.0 Å². The molecule has 1 aliphatic rings. The molecule has 1 fully saturated rings. The van der Waals surface area contributed by atoms with E-state index in [1.165, 1.54) is 32.9 Å². The van der Waals surface area contributed by atoms with Crippen molar-refractivity contribution in [1.82, 2.24) is 9.97 Å². The third kappa shape index (κ3) is 24.2. The molecule has 0 radical (unpaired) electrons. The minimum Gasteiger partial charge on any atom is -0.508 e. The number of hydrogen-bond donors (Lipinski definition) is 6. The summed E-state index contributed by atoms with van der Waals surface area (Å²) in [7, 11) is -0.520. The molecular weight excluding hydrogens is 1650 g/mol. The second kappa shape index (κ2) is 39.5. The number of amides is 3. The van der Waals surface area contributed by atoms with E-state index in [-0.39, 0.29) is 5.75 Å². The van der Waals surface area contributed by atoms with Crippen molar-refractivity contribution in [2.75, 3.05) is 21.7 Å². The number of phenolic OH excluding ortho intramolecular Hbond substituents is 2. The van der Waals surface area contributed by atoms with Crippen LogP contribution in [0.2, 0.25) is 0 Å². The molecule has 10 aromatic carbocycles. The number of hydrogen-bond acceptors (Lipinski definition) is 11. The van der Waals surface area contributed by atoms with Gasteiger partial charge in [0.25, 0.3) is 17.7 Å². The lowest BCUT2D eigenvalue weighted by atomic mass is 9.79. The number of benzene rings is 10. The number of alkyl halides is 1. The molecule has 7 N–H and O–H groups in total. The highest BCUT2D eigenvalue weighted by Crippen LogP contribution is 2.37. The Morgan fingerprint density at radius 3 is 1.19 bits per heavy atom. The van der Waals surface area contributed by atoms with Crippen molar-refractivity contribution in [2.24, 2.45) is 0 Å². The molecule has 12 aromatic rings. The number of nitrogen functional groups attached to an aromatic ring is 1. The molecule has 3 heterocycles. The zero-order chi connectivity index (χ0) is 79.1. The van der Waals surface area contributed by atoms with Crippen LogP contribution in [0.4, 0.5) is 49.1 Å². The summed E-state index contributed by atoms with van der Waals surface area (Å²) in [4.78, 5) is 44.7. The third-order valence-corrected chi connectivity index (χ3v) is 19.5. The molecule has 560 valence electrons. The number of phenols is 2. The van der Waals surface area contributed by atoms with Crippen molar-refractivity contribution in [3.05, 3.63) is 341 Å². The van der Waals surface area contributed by atoms with E-state index in [1.807, 2.05) is 139 Å². The van der Waals surface area contributed by atoms with Gasteiger partial charge in [-0.05, 0) is 296 Å². The minimum atomic E-state index is -0.912. The lowest BCUT2D eigenvalue weighted by Gasteiger charge is -2.32. The van der Waals surface area contributed by atoms with Crippen LogP contribution in [0.3, 0.4) is 0 Å². The van der Waals surface area contributed by atoms with Crippen LogP contribution in [-0.4, -0.2) is 56.2 Å². The van der Waals surface area contributed by atoms with E-state index in [9.17, 15) is 45.8 Å². The predicted octanol–water partition coefficient (Wildman–Crippen LogP) is 20.9. The van der Waals surface area contributed by atoms with Crippen molar-refractivity contribution in [3.63, 3.8) is 0 Å². The van der Waals surface area contributed by atoms with Gasteiger partial charge in [0.1, 0.15) is 75.4 Å². The smallest absolute Gasteiger partial charge is 0.494 e. The molecule has 0 unspecified atom stereocenters. The number of halogens is 9. The zero-order valence-electron chi connectivity index (χ0n) is 60.4. The van der Waals surface area contributed by atoms with Crippen LogP contribution in [0.5, 0.6) is 17.2 Å². The molecule has 2 aromatic heterocycles. The van der Waals surface area contributed by atoms with Crippen molar-refractivity contribution in [1.29, 1.82) is 0 Å². The number of anilines is 4. The number of nitrogens with two attached hydrogens (primary N) is 1. The number of nitrogens with zero attached hydrogens (tertiary/aromatic N) is 2. The molecule has 3 amide bonds. The van der Waals surface area contributed by atoms with Gasteiger partial charge in [-0.2, -0.15) is 0 Å². The number of rotatable bonds is 13. The Labute approximate surface area is 661 Å². The van der Waals surface area contributed by atoms with Gasteiger partial charge in [0.05, 0.1) is 28.5 Å². The molecule has 1 aliphatic heterocycles. The second-order valence-corrected chi connectivity index (χ2v) is 28.1. The lowest BCUT2D eigenvalue weighted by Crippen LogP contribution is -2.41. The Morgan fingerprint density at radius 1 is 0.459 bits per heavy atom. The largest absolute Gasteiger partial charge is 0.508 e. The van der Waals surface area contributed by atoms with Crippen LogP contribution in [0.25, 0.3) is 22.3 Å². The minimum absolute atomic E-state index is 0.160. The fraction of sp³-hybridized carbons (Fsp3) is 0.141. The molecule has 0 atom stereocenters. The summed E-state index contributed by atoms with van der Waals surface area (Å²) >= 11 is 9.92. The van der Waals surface area contributed by atoms with Crippen molar-refractivity contribution >= 4 is 110 Å². The zero-order valence-corrected chi connectivity index (χ0v) is 65.5. The van der Waals surface area contributed by atoms with Crippen molar-refractivity contribution in [2.45, 2.75) is 79.1 Å². The molecule has 0 spiro atoms. The lowest BCUT2D eigenvalue weighted by molar-refractivity contribution is 0.00578. The summed E-state index contributed by atoms with van der Waals surface area (Å²) in [5.74, 6) is -6.27. The summed E-state index contributed by atoms with van der Waals surface area (Å²) in [6.07, 6.45) is 3.46. The van der Waals surface area contributed by atoms with Gasteiger partial charge in [0.15, 0.2) is 0 Å². The second-order valence-electron chi connectivity index (χ2n) is 25.5. The monoisotopic (exact) mass is 1720 g/mol. The van der Waals surface area contributed by atoms with E-state index in [2.05, 4.69) is 78.0 Å². The molecule has 109 heavy (non-hydrogen) atoms. The Morgan fingerprint density at radius 2 is 0.826 bits per heavy atom. The maximum atomic E-state index is 13.8. The first-order valence-corrected chi connectivity index (χ1v) is 36.4. The number of nitrogens with one attached hydrogen (secondary N) is 3. The normalized spacial score (nSPS) is 12.1. The SMILES string of the molecule is CC1(C)OB(c2ccc(NC(=O)c3c(F)cccc3F)cc2)OC1(C)C.Cc1ccc(N)cc1I.Cc1ccc(O)cc1-c1ccc(NC(=O)c2c(F)cccc2F)cc1.Cc1ccc(O)cc1I.Cc1ccc(OCc2ccccn2)cc1-c1ccc(NC(=O)c2c(F)cccc2F)cc1.ClCc1ccccn1. The van der Waals surface area contributed by atoms with Crippen molar-refractivity contribution < 1.29 is 65.0 Å². The van der Waals surface area contributed by atoms with Crippen LogP contribution < -0.4 is 31.9 Å². The van der Waals surface area contributed by atoms with Crippen LogP contribution in [-0.2, 0) is 21.8 Å². The number of aryl methyl sites for hydroxylation is 4. The number of carbonyl (C=O) groups excluding carboxylic acids is 3. The number of ether oxygens (including phenoxy) is 1. The molecule has 14 nitrogen and oxygen atoms in total. The Bertz CT molecular complexity index is 4970. The van der Waals surface area contributed by atoms with Crippen LogP contribution in [0, 0.1) is 69.7 Å². The Kier molecular flexibility index (Phi) is 30.5. The maximum absolute atomic E-state index is 13.8. The van der Waals surface area contributed by atoms with E-state index in [0.717, 1.165) is 95.9 Å². The quantitative estimate of drug-likeness (QED) is 0.0210. The molecule has 0 bridgehead atoms. The van der Waals surface area contributed by atoms with Gasteiger partial charge < -0.3 is 45.9 Å². The van der Waals surface area contributed by atoms with Gasteiger partial charge in [-0.1, -0.05) is 91.0 Å². The predicted molar refractivity (Wildman–Crippen MR) is 436 cm³/mol. The highest BCUT2D eigenvalue weighted by atomic mass is 127. The van der Waals surface area contributed by atoms with Crippen LogP contribution in [0.15, 0.2) is 249 Å². The Hall–Kier alpha value is -10.6. The summed E-state index contributed by atoms with van der Waals surface area (Å²) in [6, 6.07) is 63.9. The summed E-state index contributed by atoms with van der Waals surface area (Å²) < 4.78 is 102. The molecule has 1 saturated heterocycles. The number of aromatic nitrogens is 2. The topological polar surface area (TPSA) is 207 Å². The molecular formula is C85H76BClF6I2N6O8. The summed E-state index contributed by atoms with van der Waals surface area (Å²) in [6.45, 7) is 16.2. The summed E-state index contributed by atoms with van der Waals surface area (Å²) in [5, 5.41) is 26.1. The first-order valence-electron chi connectivity index (χ1n) is 33.7. The van der Waals surface area contributed by atoms with E-state index in [1.54, 1.807) is 103 Å². The number of carbonyl (C=O) groups is 3. The van der Waals surface area contributed by atoms with Gasteiger partial charge in [0.2, 0.25) is 0 Å². The van der Waals surface area contributed by atoms with Gasteiger partial charge in [-0.3, -0.25) is 24.4 Å². The Balaban J connectivity index is 0.000000177. The van der Waals surface area contributed by atoms with Gasteiger partial charge >= 0.3 is 7.12 Å². The van der Waals surface area contributed by atoms with E-state index in [4.69, 9.17) is 36.5 Å². The van der Waals surface area contributed by atoms with Gasteiger partial charge in [-0.15, -0.1) is 11.6 Å². The number of pyridine rings is 2. The van der Waals surface area contributed by atoms with Crippen LogP contribution >= 0.6 is 56.8 Å².